The van der Waals surface area contributed by atoms with Gasteiger partial charge in [0.05, 0.1) is 21.7 Å². The summed E-state index contributed by atoms with van der Waals surface area (Å²) in [6, 6.07) is 23.3. The molecule has 4 rings (SSSR count). The lowest BCUT2D eigenvalue weighted by atomic mass is 10.2. The summed E-state index contributed by atoms with van der Waals surface area (Å²) in [5.41, 5.74) is 4.64. The number of imidazole rings is 1. The van der Waals surface area contributed by atoms with Crippen LogP contribution in [0.25, 0.3) is 22.4 Å². The number of rotatable bonds is 5. The number of para-hydroxylation sites is 2. The Morgan fingerprint density at radius 2 is 1.79 bits per heavy atom. The molecule has 6 heteroatoms. The lowest BCUT2D eigenvalue weighted by Crippen LogP contribution is -2.31. The van der Waals surface area contributed by atoms with Crippen LogP contribution in [0.1, 0.15) is 5.56 Å². The molecule has 0 saturated carbocycles. The Hall–Kier alpha value is -3.31. The quantitative estimate of drug-likeness (QED) is 0.462. The van der Waals surface area contributed by atoms with E-state index in [0.717, 1.165) is 28.0 Å². The Morgan fingerprint density at radius 3 is 2.59 bits per heavy atom. The fraction of sp³-hybridized carbons (Fsp3) is 0.130. The molecule has 0 aliphatic heterocycles. The molecule has 1 heterocycles. The standard InChI is InChI=1S/C23H21ClN4O/c1-16-11-12-19(18(24)15-16)27-23(29)25-13-14-28-21-10-6-5-9-20(21)26-22(28)17-7-3-2-4-8-17/h2-12,15H,13-14H2,1H3,(H2,25,27,29). The molecule has 146 valence electrons. The molecule has 0 fully saturated rings. The maximum Gasteiger partial charge on any atom is 0.319 e. The highest BCUT2D eigenvalue weighted by molar-refractivity contribution is 6.33. The maximum atomic E-state index is 12.3. The number of urea groups is 1. The molecule has 29 heavy (non-hydrogen) atoms. The summed E-state index contributed by atoms with van der Waals surface area (Å²) in [5.74, 6) is 0.885. The van der Waals surface area contributed by atoms with Crippen molar-refractivity contribution >= 4 is 34.4 Å². The Balaban J connectivity index is 1.49. The smallest absolute Gasteiger partial charge is 0.319 e. The molecule has 0 saturated heterocycles. The molecule has 0 atom stereocenters. The highest BCUT2D eigenvalue weighted by Gasteiger charge is 2.12. The lowest BCUT2D eigenvalue weighted by Gasteiger charge is -2.12. The van der Waals surface area contributed by atoms with Crippen molar-refractivity contribution in [2.24, 2.45) is 0 Å². The third-order valence-electron chi connectivity index (χ3n) is 4.68. The van der Waals surface area contributed by atoms with E-state index >= 15 is 0 Å². The van der Waals surface area contributed by atoms with E-state index in [1.165, 1.54) is 0 Å². The van der Waals surface area contributed by atoms with Crippen LogP contribution < -0.4 is 10.6 Å². The molecule has 0 bridgehead atoms. The molecule has 4 aromatic rings. The summed E-state index contributed by atoms with van der Waals surface area (Å²) in [7, 11) is 0. The van der Waals surface area contributed by atoms with Crippen LogP contribution in [-0.2, 0) is 6.54 Å². The molecule has 5 nitrogen and oxygen atoms in total. The first-order chi connectivity index (χ1) is 14.1. The molecule has 2 N–H and O–H groups in total. The zero-order valence-electron chi connectivity index (χ0n) is 16.0. The minimum Gasteiger partial charge on any atom is -0.336 e. The first-order valence-electron chi connectivity index (χ1n) is 9.43. The van der Waals surface area contributed by atoms with Crippen molar-refractivity contribution in [2.75, 3.05) is 11.9 Å². The number of hydrogen-bond donors (Lipinski definition) is 2. The molecular weight excluding hydrogens is 384 g/mol. The minimum atomic E-state index is -0.290. The number of halogens is 1. The number of nitrogens with one attached hydrogen (secondary N) is 2. The average Bonchev–Trinajstić information content (AvgIpc) is 3.10. The minimum absolute atomic E-state index is 0.290. The van der Waals surface area contributed by atoms with Crippen molar-refractivity contribution in [2.45, 2.75) is 13.5 Å². The van der Waals surface area contributed by atoms with Crippen molar-refractivity contribution in [3.63, 3.8) is 0 Å². The number of hydrogen-bond acceptors (Lipinski definition) is 2. The predicted octanol–water partition coefficient (Wildman–Crippen LogP) is 5.49. The Labute approximate surface area is 174 Å². The molecule has 3 aromatic carbocycles. The number of aryl methyl sites for hydroxylation is 1. The van der Waals surface area contributed by atoms with Crippen LogP contribution in [0.15, 0.2) is 72.8 Å². The zero-order valence-corrected chi connectivity index (χ0v) is 16.8. The van der Waals surface area contributed by atoms with Crippen LogP contribution in [0.3, 0.4) is 0 Å². The molecule has 0 aliphatic rings. The normalized spacial score (nSPS) is 10.8. The number of benzene rings is 3. The summed E-state index contributed by atoms with van der Waals surface area (Å²) in [6.45, 7) is 3.00. The van der Waals surface area contributed by atoms with Gasteiger partial charge in [-0.15, -0.1) is 0 Å². The number of aromatic nitrogens is 2. The second-order valence-electron chi connectivity index (χ2n) is 6.81. The molecular formula is C23H21ClN4O. The van der Waals surface area contributed by atoms with Crippen LogP contribution in [0.2, 0.25) is 5.02 Å². The molecule has 0 aliphatic carbocycles. The van der Waals surface area contributed by atoms with E-state index in [-0.39, 0.29) is 6.03 Å². The fourth-order valence-corrected chi connectivity index (χ4v) is 3.56. The van der Waals surface area contributed by atoms with Gasteiger partial charge < -0.3 is 15.2 Å². The molecule has 2 amide bonds. The van der Waals surface area contributed by atoms with Crippen molar-refractivity contribution in [1.82, 2.24) is 14.9 Å². The van der Waals surface area contributed by atoms with Crippen LogP contribution in [0.4, 0.5) is 10.5 Å². The van der Waals surface area contributed by atoms with Gasteiger partial charge in [0.25, 0.3) is 0 Å². The second kappa shape index (κ2) is 8.37. The van der Waals surface area contributed by atoms with Gasteiger partial charge in [-0.1, -0.05) is 60.1 Å². The molecule has 1 aromatic heterocycles. The van der Waals surface area contributed by atoms with Gasteiger partial charge in [0, 0.05) is 18.7 Å². The molecule has 0 unspecified atom stereocenters. The van der Waals surface area contributed by atoms with Gasteiger partial charge in [-0.3, -0.25) is 0 Å². The van der Waals surface area contributed by atoms with Crippen molar-refractivity contribution < 1.29 is 4.79 Å². The third kappa shape index (κ3) is 4.25. The van der Waals surface area contributed by atoms with Gasteiger partial charge in [0.1, 0.15) is 5.82 Å². The summed E-state index contributed by atoms with van der Waals surface area (Å²) in [5, 5.41) is 6.21. The topological polar surface area (TPSA) is 59.0 Å². The van der Waals surface area contributed by atoms with E-state index in [4.69, 9.17) is 16.6 Å². The Bertz CT molecular complexity index is 1150. The van der Waals surface area contributed by atoms with Gasteiger partial charge >= 0.3 is 6.03 Å². The van der Waals surface area contributed by atoms with Crippen LogP contribution >= 0.6 is 11.6 Å². The highest BCUT2D eigenvalue weighted by Crippen LogP contribution is 2.25. The van der Waals surface area contributed by atoms with E-state index in [2.05, 4.69) is 15.2 Å². The summed E-state index contributed by atoms with van der Waals surface area (Å²) < 4.78 is 2.13. The summed E-state index contributed by atoms with van der Waals surface area (Å²) in [6.07, 6.45) is 0. The second-order valence-corrected chi connectivity index (χ2v) is 7.21. The molecule has 0 spiro atoms. The van der Waals surface area contributed by atoms with Crippen molar-refractivity contribution in [3.8, 4) is 11.4 Å². The largest absolute Gasteiger partial charge is 0.336 e. The van der Waals surface area contributed by atoms with Crippen LogP contribution in [0.5, 0.6) is 0 Å². The van der Waals surface area contributed by atoms with Crippen LogP contribution in [-0.4, -0.2) is 22.1 Å². The Morgan fingerprint density at radius 1 is 1.03 bits per heavy atom. The summed E-state index contributed by atoms with van der Waals surface area (Å²) in [4.78, 5) is 17.1. The van der Waals surface area contributed by atoms with E-state index in [1.54, 1.807) is 6.07 Å². The SMILES string of the molecule is Cc1ccc(NC(=O)NCCn2c(-c3ccccc3)nc3ccccc32)c(Cl)c1. The zero-order chi connectivity index (χ0) is 20.2. The van der Waals surface area contributed by atoms with Gasteiger partial charge in [0.15, 0.2) is 0 Å². The van der Waals surface area contributed by atoms with Gasteiger partial charge in [-0.05, 0) is 36.8 Å². The van der Waals surface area contributed by atoms with Gasteiger partial charge in [-0.25, -0.2) is 9.78 Å². The van der Waals surface area contributed by atoms with E-state index in [0.29, 0.717) is 23.8 Å². The number of fused-ring (bicyclic) bond motifs is 1. The lowest BCUT2D eigenvalue weighted by molar-refractivity contribution is 0.251. The Kier molecular flexibility index (Phi) is 5.49. The van der Waals surface area contributed by atoms with Crippen LogP contribution in [0, 0.1) is 6.92 Å². The fourth-order valence-electron chi connectivity index (χ4n) is 3.28. The number of carbonyl (C=O) groups is 1. The highest BCUT2D eigenvalue weighted by atomic mass is 35.5. The van der Waals surface area contributed by atoms with Gasteiger partial charge in [0.2, 0.25) is 0 Å². The van der Waals surface area contributed by atoms with Crippen molar-refractivity contribution in [3.05, 3.63) is 83.4 Å². The van der Waals surface area contributed by atoms with Crippen molar-refractivity contribution in [1.29, 1.82) is 0 Å². The predicted molar refractivity (Wildman–Crippen MR) is 118 cm³/mol. The van der Waals surface area contributed by atoms with E-state index in [9.17, 15) is 4.79 Å². The monoisotopic (exact) mass is 404 g/mol. The first-order valence-corrected chi connectivity index (χ1v) is 9.81. The summed E-state index contributed by atoms with van der Waals surface area (Å²) >= 11 is 6.19. The molecule has 0 radical (unpaired) electrons. The van der Waals surface area contributed by atoms with Gasteiger partial charge in [-0.2, -0.15) is 0 Å². The number of nitrogens with zero attached hydrogens (tertiary/aromatic N) is 2. The number of carbonyl (C=O) groups excluding carboxylic acids is 1. The third-order valence-corrected chi connectivity index (χ3v) is 4.99. The number of anilines is 1. The van der Waals surface area contributed by atoms with E-state index in [1.807, 2.05) is 73.7 Å². The first kappa shape index (κ1) is 19.0. The average molecular weight is 405 g/mol. The number of amides is 2. The van der Waals surface area contributed by atoms with E-state index < -0.39 is 0 Å². The maximum absolute atomic E-state index is 12.3.